The zero-order valence-electron chi connectivity index (χ0n) is 6.55. The van der Waals surface area contributed by atoms with Crippen LogP contribution in [-0.4, -0.2) is 0 Å². The van der Waals surface area contributed by atoms with E-state index in [0.29, 0.717) is 0 Å². The number of hydrogen-bond donors (Lipinski definition) is 0. The Bertz CT molecular complexity index is 236. The van der Waals surface area contributed by atoms with Crippen molar-refractivity contribution in [3.8, 4) is 0 Å². The molecule has 11 heavy (non-hydrogen) atoms. The Balaban J connectivity index is 2.85. The van der Waals surface area contributed by atoms with Gasteiger partial charge in [-0.25, -0.2) is 0 Å². The van der Waals surface area contributed by atoms with Gasteiger partial charge in [0.25, 0.3) is 0 Å². The van der Waals surface area contributed by atoms with Crippen molar-refractivity contribution in [2.75, 3.05) is 0 Å². The van der Waals surface area contributed by atoms with Crippen LogP contribution in [0.4, 0.5) is 0 Å². The lowest BCUT2D eigenvalue weighted by Gasteiger charge is -1.96. The number of halogens is 1. The van der Waals surface area contributed by atoms with E-state index in [4.69, 9.17) is 0 Å². The number of allylic oxidation sites excluding steroid dienone is 1. The molecule has 0 aromatic heterocycles. The van der Waals surface area contributed by atoms with Crippen LogP contribution in [0.15, 0.2) is 36.4 Å². The summed E-state index contributed by atoms with van der Waals surface area (Å²) in [4.78, 5) is 0. The second-order valence-corrected chi connectivity index (χ2v) is 3.18. The molecule has 0 saturated carbocycles. The molecule has 0 unspecified atom stereocenters. The average molecular weight is 211 g/mol. The highest BCUT2D eigenvalue weighted by Gasteiger charge is 1.92. The fourth-order valence-electron chi connectivity index (χ4n) is 0.894. The Morgan fingerprint density at radius 3 is 2.55 bits per heavy atom. The van der Waals surface area contributed by atoms with Crippen molar-refractivity contribution in [3.05, 3.63) is 42.0 Å². The highest BCUT2D eigenvalue weighted by atomic mass is 79.9. The first-order chi connectivity index (χ1) is 5.34. The molecule has 1 heteroatoms. The van der Waals surface area contributed by atoms with Crippen LogP contribution in [0.25, 0.3) is 4.48 Å². The number of hydrogen-bond acceptors (Lipinski definition) is 0. The second-order valence-electron chi connectivity index (χ2n) is 2.33. The van der Waals surface area contributed by atoms with Gasteiger partial charge in [0.1, 0.15) is 0 Å². The molecule has 0 radical (unpaired) electrons. The van der Waals surface area contributed by atoms with Crippen LogP contribution in [0.3, 0.4) is 0 Å². The Morgan fingerprint density at radius 1 is 1.36 bits per heavy atom. The fraction of sp³-hybridized carbons (Fsp3) is 0.200. The molecule has 0 atom stereocenters. The van der Waals surface area contributed by atoms with Gasteiger partial charge in [-0.2, -0.15) is 0 Å². The topological polar surface area (TPSA) is 0 Å². The normalized spacial score (nSPS) is 11.6. The molecular weight excluding hydrogens is 200 g/mol. The first kappa shape index (κ1) is 8.54. The van der Waals surface area contributed by atoms with Crippen molar-refractivity contribution in [1.82, 2.24) is 0 Å². The molecule has 1 rings (SSSR count). The van der Waals surface area contributed by atoms with Crippen molar-refractivity contribution >= 4 is 20.4 Å². The third kappa shape index (κ3) is 2.51. The van der Waals surface area contributed by atoms with Gasteiger partial charge in [0.15, 0.2) is 0 Å². The summed E-state index contributed by atoms with van der Waals surface area (Å²) >= 11 is 3.51. The van der Waals surface area contributed by atoms with Gasteiger partial charge in [-0.1, -0.05) is 59.3 Å². The minimum Gasteiger partial charge on any atom is -0.0699 e. The highest BCUT2D eigenvalue weighted by Crippen LogP contribution is 2.20. The molecule has 0 bridgehead atoms. The Labute approximate surface area is 76.1 Å². The molecule has 0 spiro atoms. The molecule has 0 amide bonds. The van der Waals surface area contributed by atoms with Gasteiger partial charge in [-0.05, 0) is 12.0 Å². The molecule has 0 heterocycles. The van der Waals surface area contributed by atoms with Crippen LogP contribution < -0.4 is 0 Å². The Hall–Kier alpha value is -0.560. The van der Waals surface area contributed by atoms with E-state index >= 15 is 0 Å². The molecular formula is C10H11Br. The third-order valence-electron chi connectivity index (χ3n) is 1.43. The summed E-state index contributed by atoms with van der Waals surface area (Å²) in [6, 6.07) is 10.3. The summed E-state index contributed by atoms with van der Waals surface area (Å²) in [5, 5.41) is 0. The van der Waals surface area contributed by atoms with Crippen LogP contribution in [0, 0.1) is 0 Å². The number of rotatable bonds is 2. The van der Waals surface area contributed by atoms with Crippen LogP contribution in [0.5, 0.6) is 0 Å². The largest absolute Gasteiger partial charge is 0.0699 e. The Kier molecular flexibility index (Phi) is 3.37. The van der Waals surface area contributed by atoms with Crippen molar-refractivity contribution in [3.63, 3.8) is 0 Å². The van der Waals surface area contributed by atoms with Crippen LogP contribution in [-0.2, 0) is 0 Å². The van der Waals surface area contributed by atoms with Crippen LogP contribution >= 0.6 is 15.9 Å². The summed E-state index contributed by atoms with van der Waals surface area (Å²) in [7, 11) is 0. The highest BCUT2D eigenvalue weighted by molar-refractivity contribution is 9.15. The zero-order chi connectivity index (χ0) is 8.10. The number of benzene rings is 1. The van der Waals surface area contributed by atoms with E-state index < -0.39 is 0 Å². The van der Waals surface area contributed by atoms with Crippen molar-refractivity contribution in [2.45, 2.75) is 13.3 Å². The molecule has 1 aromatic rings. The summed E-state index contributed by atoms with van der Waals surface area (Å²) in [6.45, 7) is 2.13. The van der Waals surface area contributed by atoms with Gasteiger partial charge in [0, 0.05) is 4.48 Å². The van der Waals surface area contributed by atoms with Gasteiger partial charge in [0.05, 0.1) is 0 Å². The smallest absolute Gasteiger partial charge is 0.0207 e. The Morgan fingerprint density at radius 2 is 2.00 bits per heavy atom. The zero-order valence-corrected chi connectivity index (χ0v) is 8.14. The van der Waals surface area contributed by atoms with E-state index in [1.165, 1.54) is 10.0 Å². The summed E-state index contributed by atoms with van der Waals surface area (Å²) in [5.41, 5.74) is 1.24. The molecule has 1 aromatic carbocycles. The van der Waals surface area contributed by atoms with Gasteiger partial charge in [-0.3, -0.25) is 0 Å². The molecule has 0 fully saturated rings. The lowest BCUT2D eigenvalue weighted by atomic mass is 10.2. The minimum atomic E-state index is 1.06. The van der Waals surface area contributed by atoms with Crippen LogP contribution in [0.2, 0.25) is 0 Å². The maximum absolute atomic E-state index is 3.51. The molecule has 0 nitrogen and oxygen atoms in total. The monoisotopic (exact) mass is 210 g/mol. The fourth-order valence-corrected chi connectivity index (χ4v) is 1.48. The SMILES string of the molecule is CC/C=C(\Br)c1ccccc1. The standard InChI is InChI=1S/C10H11Br/c1-2-6-10(11)9-7-4-3-5-8-9/h3-8H,2H2,1H3/b10-6-. The van der Waals surface area contributed by atoms with Gasteiger partial charge in [0.2, 0.25) is 0 Å². The lowest BCUT2D eigenvalue weighted by molar-refractivity contribution is 1.23. The average Bonchev–Trinajstić information content (AvgIpc) is 2.07. The first-order valence-electron chi connectivity index (χ1n) is 3.75. The molecule has 0 aliphatic rings. The van der Waals surface area contributed by atoms with E-state index in [9.17, 15) is 0 Å². The first-order valence-corrected chi connectivity index (χ1v) is 4.55. The van der Waals surface area contributed by atoms with Crippen molar-refractivity contribution < 1.29 is 0 Å². The summed E-state index contributed by atoms with van der Waals surface area (Å²) in [6.07, 6.45) is 3.23. The quantitative estimate of drug-likeness (QED) is 0.697. The summed E-state index contributed by atoms with van der Waals surface area (Å²) < 4.78 is 1.18. The van der Waals surface area contributed by atoms with E-state index in [0.717, 1.165) is 6.42 Å². The molecule has 0 aliphatic carbocycles. The van der Waals surface area contributed by atoms with Crippen LogP contribution in [0.1, 0.15) is 18.9 Å². The van der Waals surface area contributed by atoms with E-state index in [2.05, 4.69) is 41.1 Å². The molecule has 58 valence electrons. The minimum absolute atomic E-state index is 1.06. The maximum atomic E-state index is 3.51. The van der Waals surface area contributed by atoms with E-state index in [1.54, 1.807) is 0 Å². The van der Waals surface area contributed by atoms with E-state index in [-0.39, 0.29) is 0 Å². The summed E-state index contributed by atoms with van der Waals surface area (Å²) in [5.74, 6) is 0. The maximum Gasteiger partial charge on any atom is 0.0207 e. The third-order valence-corrected chi connectivity index (χ3v) is 2.21. The molecule has 0 saturated heterocycles. The lowest BCUT2D eigenvalue weighted by Crippen LogP contribution is -1.73. The van der Waals surface area contributed by atoms with Gasteiger partial charge < -0.3 is 0 Å². The van der Waals surface area contributed by atoms with Gasteiger partial charge in [-0.15, -0.1) is 0 Å². The predicted molar refractivity (Wildman–Crippen MR) is 53.6 cm³/mol. The van der Waals surface area contributed by atoms with Crippen molar-refractivity contribution in [1.29, 1.82) is 0 Å². The van der Waals surface area contributed by atoms with E-state index in [1.807, 2.05) is 18.2 Å². The van der Waals surface area contributed by atoms with Crippen molar-refractivity contribution in [2.24, 2.45) is 0 Å². The molecule has 0 aliphatic heterocycles. The van der Waals surface area contributed by atoms with Gasteiger partial charge >= 0.3 is 0 Å². The molecule has 0 N–H and O–H groups in total. The predicted octanol–water partition coefficient (Wildman–Crippen LogP) is 3.83. The second kappa shape index (κ2) is 4.35.